The number of carbonyl (C=O) groups excluding carboxylic acids is 1. The second kappa shape index (κ2) is 6.79. The van der Waals surface area contributed by atoms with Gasteiger partial charge in [-0.1, -0.05) is 18.6 Å². The highest BCUT2D eigenvalue weighted by Crippen LogP contribution is 2.48. The van der Waals surface area contributed by atoms with E-state index in [4.69, 9.17) is 0 Å². The van der Waals surface area contributed by atoms with E-state index in [0.29, 0.717) is 26.1 Å². The van der Waals surface area contributed by atoms with Crippen molar-refractivity contribution in [2.45, 2.75) is 25.7 Å². The van der Waals surface area contributed by atoms with Crippen LogP contribution in [0.3, 0.4) is 0 Å². The molecule has 0 aromatic heterocycles. The number of nitro groups is 1. The first-order valence-electron chi connectivity index (χ1n) is 8.41. The molecule has 8 heteroatoms. The van der Waals surface area contributed by atoms with Crippen LogP contribution in [-0.2, 0) is 9.59 Å². The Labute approximate surface area is 145 Å². The first kappa shape index (κ1) is 17.3. The average molecular weight is 347 g/mol. The molecule has 1 aromatic carbocycles. The SMILES string of the molecule is O=C(CCN1C[C@@H]2CCC[C@@]2(C(=O)O)C1)Nc1ccccc1[N+](=O)[O-]. The van der Waals surface area contributed by atoms with Crippen LogP contribution >= 0.6 is 0 Å². The van der Waals surface area contributed by atoms with Crippen LogP contribution in [0.2, 0.25) is 0 Å². The van der Waals surface area contributed by atoms with Gasteiger partial charge in [0.1, 0.15) is 5.69 Å². The van der Waals surface area contributed by atoms with E-state index in [0.717, 1.165) is 12.8 Å². The Morgan fingerprint density at radius 3 is 2.84 bits per heavy atom. The first-order valence-corrected chi connectivity index (χ1v) is 8.41. The average Bonchev–Trinajstić information content (AvgIpc) is 3.11. The molecule has 25 heavy (non-hydrogen) atoms. The number of hydrogen-bond acceptors (Lipinski definition) is 5. The van der Waals surface area contributed by atoms with Crippen LogP contribution < -0.4 is 5.32 Å². The Hall–Kier alpha value is -2.48. The van der Waals surface area contributed by atoms with E-state index < -0.39 is 16.3 Å². The number of para-hydroxylation sites is 2. The molecule has 1 aliphatic carbocycles. The van der Waals surface area contributed by atoms with Gasteiger partial charge in [-0.3, -0.25) is 19.7 Å². The highest BCUT2D eigenvalue weighted by molar-refractivity contribution is 5.93. The van der Waals surface area contributed by atoms with E-state index in [9.17, 15) is 24.8 Å². The van der Waals surface area contributed by atoms with Crippen molar-refractivity contribution < 1.29 is 19.6 Å². The summed E-state index contributed by atoms with van der Waals surface area (Å²) in [5.41, 5.74) is -0.622. The van der Waals surface area contributed by atoms with Gasteiger partial charge in [-0.05, 0) is 24.8 Å². The third kappa shape index (κ3) is 3.34. The minimum atomic E-state index is -0.734. The van der Waals surface area contributed by atoms with Gasteiger partial charge in [0.15, 0.2) is 0 Å². The standard InChI is InChI=1S/C17H21N3O5/c21-15(18-13-5-1-2-6-14(13)20(24)25)7-9-19-10-12-4-3-8-17(12,11-19)16(22)23/h1-2,5-6,12H,3-4,7-11H2,(H,18,21)(H,22,23)/t12-,17+/m0/s1. The molecule has 2 aliphatic rings. The van der Waals surface area contributed by atoms with Gasteiger partial charge in [-0.15, -0.1) is 0 Å². The Balaban J connectivity index is 1.56. The number of nitrogens with zero attached hydrogens (tertiary/aromatic N) is 2. The zero-order valence-electron chi connectivity index (χ0n) is 13.8. The molecule has 2 fully saturated rings. The van der Waals surface area contributed by atoms with Crippen LogP contribution in [0.1, 0.15) is 25.7 Å². The summed E-state index contributed by atoms with van der Waals surface area (Å²) in [5, 5.41) is 23.1. The number of carboxylic acids is 1. The molecule has 8 nitrogen and oxygen atoms in total. The molecular weight excluding hydrogens is 326 g/mol. The number of carboxylic acid groups (broad SMARTS) is 1. The van der Waals surface area contributed by atoms with Gasteiger partial charge in [0.05, 0.1) is 10.3 Å². The van der Waals surface area contributed by atoms with Gasteiger partial charge in [0.2, 0.25) is 5.91 Å². The van der Waals surface area contributed by atoms with E-state index in [-0.39, 0.29) is 29.6 Å². The number of carbonyl (C=O) groups is 2. The summed E-state index contributed by atoms with van der Waals surface area (Å²) in [6.45, 7) is 1.63. The lowest BCUT2D eigenvalue weighted by Crippen LogP contribution is -2.36. The number of nitrogens with one attached hydrogen (secondary N) is 1. The fourth-order valence-corrected chi connectivity index (χ4v) is 4.12. The second-order valence-corrected chi connectivity index (χ2v) is 6.86. The zero-order valence-corrected chi connectivity index (χ0v) is 13.8. The minimum Gasteiger partial charge on any atom is -0.481 e. The number of amides is 1. The van der Waals surface area contributed by atoms with Crippen molar-refractivity contribution in [1.29, 1.82) is 0 Å². The van der Waals surface area contributed by atoms with Gasteiger partial charge >= 0.3 is 5.97 Å². The number of fused-ring (bicyclic) bond motifs is 1. The third-order valence-electron chi connectivity index (χ3n) is 5.40. The summed E-state index contributed by atoms with van der Waals surface area (Å²) < 4.78 is 0. The normalized spacial score (nSPS) is 25.5. The van der Waals surface area contributed by atoms with Crippen molar-refractivity contribution in [1.82, 2.24) is 4.90 Å². The molecule has 0 radical (unpaired) electrons. The van der Waals surface area contributed by atoms with Gasteiger partial charge < -0.3 is 15.3 Å². The lowest BCUT2D eigenvalue weighted by Gasteiger charge is -2.23. The van der Waals surface area contributed by atoms with Gasteiger partial charge in [-0.25, -0.2) is 0 Å². The Morgan fingerprint density at radius 1 is 1.40 bits per heavy atom. The van der Waals surface area contributed by atoms with Crippen LogP contribution in [0.15, 0.2) is 24.3 Å². The highest BCUT2D eigenvalue weighted by Gasteiger charge is 2.54. The summed E-state index contributed by atoms with van der Waals surface area (Å²) in [4.78, 5) is 36.3. The predicted molar refractivity (Wildman–Crippen MR) is 90.2 cm³/mol. The Kier molecular flexibility index (Phi) is 4.71. The molecule has 0 bridgehead atoms. The van der Waals surface area contributed by atoms with Crippen molar-refractivity contribution in [2.24, 2.45) is 11.3 Å². The fraction of sp³-hybridized carbons (Fsp3) is 0.529. The molecule has 134 valence electrons. The molecule has 2 N–H and O–H groups in total. The van der Waals surface area contributed by atoms with E-state index in [1.807, 2.05) is 4.90 Å². The van der Waals surface area contributed by atoms with Crippen LogP contribution in [0.5, 0.6) is 0 Å². The molecule has 1 saturated heterocycles. The maximum absolute atomic E-state index is 12.1. The molecule has 3 rings (SSSR count). The molecule has 1 amide bonds. The number of aliphatic carboxylic acids is 1. The second-order valence-electron chi connectivity index (χ2n) is 6.86. The van der Waals surface area contributed by atoms with Crippen LogP contribution in [0.25, 0.3) is 0 Å². The summed E-state index contributed by atoms with van der Waals surface area (Å²) >= 11 is 0. The van der Waals surface area contributed by atoms with E-state index in [2.05, 4.69) is 5.32 Å². The maximum Gasteiger partial charge on any atom is 0.311 e. The van der Waals surface area contributed by atoms with Gasteiger partial charge in [-0.2, -0.15) is 0 Å². The third-order valence-corrected chi connectivity index (χ3v) is 5.40. The van der Waals surface area contributed by atoms with Gasteiger partial charge in [0, 0.05) is 32.1 Å². The quantitative estimate of drug-likeness (QED) is 0.602. The molecule has 0 spiro atoms. The number of likely N-dealkylation sites (tertiary alicyclic amines) is 1. The van der Waals surface area contributed by atoms with E-state index >= 15 is 0 Å². The summed E-state index contributed by atoms with van der Waals surface area (Å²) in [6.07, 6.45) is 2.74. The number of benzene rings is 1. The van der Waals surface area contributed by atoms with Gasteiger partial charge in [0.25, 0.3) is 5.69 Å². The van der Waals surface area contributed by atoms with Crippen molar-refractivity contribution >= 4 is 23.3 Å². The van der Waals surface area contributed by atoms with Crippen molar-refractivity contribution in [3.63, 3.8) is 0 Å². The molecule has 1 saturated carbocycles. The number of nitro benzene ring substituents is 1. The van der Waals surface area contributed by atoms with Crippen LogP contribution in [0.4, 0.5) is 11.4 Å². The Morgan fingerprint density at radius 2 is 2.16 bits per heavy atom. The number of hydrogen-bond donors (Lipinski definition) is 2. The smallest absolute Gasteiger partial charge is 0.311 e. The van der Waals surface area contributed by atoms with Crippen LogP contribution in [0, 0.1) is 21.4 Å². The predicted octanol–water partition coefficient (Wildman–Crippen LogP) is 2.11. The first-order chi connectivity index (χ1) is 11.9. The molecule has 0 unspecified atom stereocenters. The molecular formula is C17H21N3O5. The number of anilines is 1. The van der Waals surface area contributed by atoms with Crippen molar-refractivity contribution in [2.75, 3.05) is 25.0 Å². The summed E-state index contributed by atoms with van der Waals surface area (Å²) in [7, 11) is 0. The Bertz CT molecular complexity index is 707. The minimum absolute atomic E-state index is 0.142. The topological polar surface area (TPSA) is 113 Å². The van der Waals surface area contributed by atoms with Crippen molar-refractivity contribution in [3.8, 4) is 0 Å². The molecule has 1 aromatic rings. The largest absolute Gasteiger partial charge is 0.481 e. The van der Waals surface area contributed by atoms with Crippen molar-refractivity contribution in [3.05, 3.63) is 34.4 Å². The number of rotatable bonds is 6. The lowest BCUT2D eigenvalue weighted by molar-refractivity contribution is -0.383. The fourth-order valence-electron chi connectivity index (χ4n) is 4.12. The zero-order chi connectivity index (χ0) is 18.0. The molecule has 2 atom stereocenters. The maximum atomic E-state index is 12.1. The van der Waals surface area contributed by atoms with Crippen LogP contribution in [-0.4, -0.2) is 46.4 Å². The summed E-state index contributed by atoms with van der Waals surface area (Å²) in [6, 6.07) is 6.01. The monoisotopic (exact) mass is 347 g/mol. The van der Waals surface area contributed by atoms with E-state index in [1.54, 1.807) is 12.1 Å². The highest BCUT2D eigenvalue weighted by atomic mass is 16.6. The van der Waals surface area contributed by atoms with E-state index in [1.165, 1.54) is 12.1 Å². The molecule has 1 heterocycles. The molecule has 1 aliphatic heterocycles. The lowest BCUT2D eigenvalue weighted by atomic mass is 9.81. The summed E-state index contributed by atoms with van der Waals surface area (Å²) in [5.74, 6) is -0.888.